The molecule has 0 aromatic heterocycles. The van der Waals surface area contributed by atoms with Crippen molar-refractivity contribution in [3.63, 3.8) is 0 Å². The number of benzene rings is 1. The second-order valence-electron chi connectivity index (χ2n) is 6.46. The zero-order valence-corrected chi connectivity index (χ0v) is 14.3. The van der Waals surface area contributed by atoms with E-state index in [0.29, 0.717) is 12.1 Å². The van der Waals surface area contributed by atoms with Gasteiger partial charge >= 0.3 is 35.8 Å². The molecule has 0 amide bonds. The largest absolute Gasteiger partial charge is 0.460 e. The minimum absolute atomic E-state index is 0.242. The van der Waals surface area contributed by atoms with E-state index < -0.39 is 59.2 Å². The highest BCUT2D eigenvalue weighted by molar-refractivity contribution is 5.24. The van der Waals surface area contributed by atoms with Crippen molar-refractivity contribution in [1.29, 1.82) is 0 Å². The summed E-state index contributed by atoms with van der Waals surface area (Å²) in [6.45, 7) is 0.242. The van der Waals surface area contributed by atoms with Crippen LogP contribution < -0.4 is 0 Å². The molecule has 1 atom stereocenters. The number of alkyl halides is 13. The van der Waals surface area contributed by atoms with Crippen LogP contribution in [0.25, 0.3) is 0 Å². The van der Waals surface area contributed by atoms with Gasteiger partial charge in [-0.2, -0.15) is 57.1 Å². The van der Waals surface area contributed by atoms with Crippen LogP contribution >= 0.6 is 0 Å². The lowest BCUT2D eigenvalue weighted by Gasteiger charge is -2.41. The molecule has 0 bridgehead atoms. The van der Waals surface area contributed by atoms with Crippen LogP contribution in [0.5, 0.6) is 0 Å². The van der Waals surface area contributed by atoms with Crippen molar-refractivity contribution < 1.29 is 66.6 Å². The second-order valence-corrected chi connectivity index (χ2v) is 6.46. The van der Waals surface area contributed by atoms with E-state index in [2.05, 4.69) is 0 Å². The molecule has 1 N–H and O–H groups in total. The van der Waals surface area contributed by atoms with Crippen LogP contribution in [0.3, 0.4) is 0 Å². The van der Waals surface area contributed by atoms with Gasteiger partial charge in [0.1, 0.15) is 5.82 Å². The molecule has 30 heavy (non-hydrogen) atoms. The van der Waals surface area contributed by atoms with Crippen molar-refractivity contribution in [2.45, 2.75) is 54.7 Å². The van der Waals surface area contributed by atoms with E-state index in [0.717, 1.165) is 6.07 Å². The summed E-state index contributed by atoms with van der Waals surface area (Å²) < 4.78 is 183. The molecule has 1 aromatic carbocycles. The van der Waals surface area contributed by atoms with E-state index in [1.54, 1.807) is 0 Å². The molecule has 0 fully saturated rings. The van der Waals surface area contributed by atoms with E-state index in [1.165, 1.54) is 0 Å². The summed E-state index contributed by atoms with van der Waals surface area (Å²) in [6.07, 6.45) is -10.4. The fraction of sp³-hybridized carbons (Fsp3) is 0.600. The van der Waals surface area contributed by atoms with Gasteiger partial charge in [0.25, 0.3) is 0 Å². The molecule has 0 aliphatic heterocycles. The fourth-order valence-corrected chi connectivity index (χ4v) is 2.27. The lowest BCUT2D eigenvalue weighted by molar-refractivity contribution is -0.441. The summed E-state index contributed by atoms with van der Waals surface area (Å²) in [6, 6.07) is 2.35. The first-order chi connectivity index (χ1) is 13.0. The number of hydrogen-bond acceptors (Lipinski definition) is 1. The molecule has 1 aromatic rings. The van der Waals surface area contributed by atoms with Crippen LogP contribution in [0.4, 0.5) is 61.5 Å². The smallest absolute Gasteiger partial charge is 0.385 e. The Balaban J connectivity index is 3.45. The molecular weight excluding hydrogens is 462 g/mol. The quantitative estimate of drug-likeness (QED) is 0.472. The number of rotatable bonds is 7. The van der Waals surface area contributed by atoms with E-state index in [-0.39, 0.29) is 13.0 Å². The summed E-state index contributed by atoms with van der Waals surface area (Å²) in [5.74, 6) is -39.0. The first kappa shape index (κ1) is 26.2. The standard InChI is InChI=1S/C15H10F14O/c1-9(30,7-3-2-4-8(16)5-7)6-10(17,18)11(19,20)12(21,22)13(23,24)14(25,26)15(27,28)29/h2-5,30H,6H2,1H3. The molecule has 0 radical (unpaired) electrons. The molecule has 0 heterocycles. The van der Waals surface area contributed by atoms with Gasteiger partial charge in [-0.15, -0.1) is 0 Å². The van der Waals surface area contributed by atoms with Crippen LogP contribution in [0.1, 0.15) is 18.9 Å². The van der Waals surface area contributed by atoms with Crippen LogP contribution in [-0.2, 0) is 5.60 Å². The highest BCUT2D eigenvalue weighted by Crippen LogP contribution is 2.61. The number of hydrogen-bond donors (Lipinski definition) is 1. The van der Waals surface area contributed by atoms with Gasteiger partial charge < -0.3 is 5.11 Å². The Kier molecular flexibility index (Phi) is 6.23. The summed E-state index contributed by atoms with van der Waals surface area (Å²) in [4.78, 5) is 0. The molecule has 1 unspecified atom stereocenters. The first-order valence-corrected chi connectivity index (χ1v) is 7.40. The Hall–Kier alpha value is -1.80. The average molecular weight is 472 g/mol. The van der Waals surface area contributed by atoms with Crippen LogP contribution in [0, 0.1) is 5.82 Å². The maximum atomic E-state index is 13.9. The zero-order chi connectivity index (χ0) is 24.2. The van der Waals surface area contributed by atoms with E-state index in [9.17, 15) is 66.6 Å². The Morgan fingerprint density at radius 1 is 0.700 bits per heavy atom. The molecule has 1 nitrogen and oxygen atoms in total. The Bertz CT molecular complexity index is 765. The molecule has 0 aliphatic rings. The van der Waals surface area contributed by atoms with Crippen molar-refractivity contribution in [3.8, 4) is 0 Å². The van der Waals surface area contributed by atoms with Gasteiger partial charge in [0.2, 0.25) is 0 Å². The SMILES string of the molecule is CC(O)(CC(F)(F)C(F)(F)C(F)(F)C(F)(F)C(F)(F)C(F)(F)F)c1cccc(F)c1. The Morgan fingerprint density at radius 3 is 1.53 bits per heavy atom. The van der Waals surface area contributed by atoms with Gasteiger partial charge in [0, 0.05) is 0 Å². The first-order valence-electron chi connectivity index (χ1n) is 7.40. The predicted molar refractivity (Wildman–Crippen MR) is 71.4 cm³/mol. The monoisotopic (exact) mass is 472 g/mol. The minimum Gasteiger partial charge on any atom is -0.385 e. The highest BCUT2D eigenvalue weighted by atomic mass is 19.4. The number of halogens is 14. The maximum absolute atomic E-state index is 13.9. The topological polar surface area (TPSA) is 20.2 Å². The summed E-state index contributed by atoms with van der Waals surface area (Å²) in [5, 5.41) is 9.83. The Labute approximate surface area is 158 Å². The molecule has 0 spiro atoms. The molecular formula is C15H10F14O. The van der Waals surface area contributed by atoms with Crippen molar-refractivity contribution in [2.75, 3.05) is 0 Å². The van der Waals surface area contributed by atoms with Gasteiger partial charge in [0.05, 0.1) is 12.0 Å². The zero-order valence-electron chi connectivity index (χ0n) is 14.3. The molecule has 0 saturated heterocycles. The van der Waals surface area contributed by atoms with Crippen LogP contribution in [0.15, 0.2) is 24.3 Å². The van der Waals surface area contributed by atoms with Gasteiger partial charge in [-0.25, -0.2) is 4.39 Å². The van der Waals surface area contributed by atoms with Crippen molar-refractivity contribution in [2.24, 2.45) is 0 Å². The van der Waals surface area contributed by atoms with Crippen molar-refractivity contribution >= 4 is 0 Å². The highest BCUT2D eigenvalue weighted by Gasteiger charge is 2.90. The summed E-state index contributed by atoms with van der Waals surface area (Å²) in [7, 11) is 0. The third-order valence-corrected chi connectivity index (χ3v) is 4.01. The van der Waals surface area contributed by atoms with Gasteiger partial charge in [-0.1, -0.05) is 12.1 Å². The lowest BCUT2D eigenvalue weighted by Crippen LogP contribution is -2.70. The van der Waals surface area contributed by atoms with Crippen molar-refractivity contribution in [3.05, 3.63) is 35.6 Å². The summed E-state index contributed by atoms with van der Waals surface area (Å²) >= 11 is 0. The predicted octanol–water partition coefficient (Wildman–Crippen LogP) is 6.16. The normalized spacial score (nSPS) is 17.1. The third-order valence-electron chi connectivity index (χ3n) is 4.01. The van der Waals surface area contributed by atoms with Gasteiger partial charge in [-0.3, -0.25) is 0 Å². The molecule has 174 valence electrons. The van der Waals surface area contributed by atoms with Crippen LogP contribution in [0.2, 0.25) is 0 Å². The molecule has 15 heteroatoms. The summed E-state index contributed by atoms with van der Waals surface area (Å²) in [5.41, 5.74) is -4.26. The van der Waals surface area contributed by atoms with E-state index in [4.69, 9.17) is 0 Å². The second kappa shape index (κ2) is 7.12. The van der Waals surface area contributed by atoms with E-state index >= 15 is 0 Å². The third kappa shape index (κ3) is 3.91. The van der Waals surface area contributed by atoms with Gasteiger partial charge in [-0.05, 0) is 24.6 Å². The molecule has 1 rings (SSSR count). The van der Waals surface area contributed by atoms with E-state index in [1.807, 2.05) is 0 Å². The van der Waals surface area contributed by atoms with Crippen LogP contribution in [-0.4, -0.2) is 40.9 Å². The van der Waals surface area contributed by atoms with Gasteiger partial charge in [0.15, 0.2) is 0 Å². The molecule has 0 aliphatic carbocycles. The minimum atomic E-state index is -8.02. The number of aliphatic hydroxyl groups is 1. The molecule has 0 saturated carbocycles. The Morgan fingerprint density at radius 2 is 1.13 bits per heavy atom. The maximum Gasteiger partial charge on any atom is 0.460 e. The lowest BCUT2D eigenvalue weighted by atomic mass is 9.84. The average Bonchev–Trinajstić information content (AvgIpc) is 2.52. The fourth-order valence-electron chi connectivity index (χ4n) is 2.27. The van der Waals surface area contributed by atoms with Crippen molar-refractivity contribution in [1.82, 2.24) is 0 Å².